The van der Waals surface area contributed by atoms with Crippen molar-refractivity contribution >= 4 is 160 Å². The highest BCUT2D eigenvalue weighted by Crippen LogP contribution is 2.56. The van der Waals surface area contributed by atoms with Crippen LogP contribution < -0.4 is 9.80 Å². The van der Waals surface area contributed by atoms with E-state index in [4.69, 9.17) is 17.7 Å². The van der Waals surface area contributed by atoms with E-state index in [2.05, 4.69) is 275 Å². The van der Waals surface area contributed by atoms with Crippen LogP contribution in [0, 0.1) is 0 Å². The normalized spacial score (nSPS) is 12.2. The Kier molecular flexibility index (Phi) is 9.49. The van der Waals surface area contributed by atoms with E-state index in [0.717, 1.165) is 182 Å². The Morgan fingerprint density at radius 2 is 0.553 bits per heavy atom. The highest BCUT2D eigenvalue weighted by atomic mass is 16.3. The van der Waals surface area contributed by atoms with E-state index >= 15 is 0 Å². The summed E-state index contributed by atoms with van der Waals surface area (Å²) in [7, 11) is 0. The number of furan rings is 4. The molecule has 7 nitrogen and oxygen atoms in total. The van der Waals surface area contributed by atoms with Gasteiger partial charge in [-0.2, -0.15) is 0 Å². The fourth-order valence-corrected chi connectivity index (χ4v) is 14.0. The van der Waals surface area contributed by atoms with Crippen LogP contribution in [-0.4, -0.2) is 4.40 Å². The van der Waals surface area contributed by atoms with Gasteiger partial charge in [0.1, 0.15) is 33.4 Å². The fourth-order valence-electron chi connectivity index (χ4n) is 14.0. The molecule has 0 radical (unpaired) electrons. The quantitative estimate of drug-likeness (QED) is 0.151. The molecule has 13 aromatic carbocycles. The minimum absolute atomic E-state index is 0.781. The second-order valence-corrected chi connectivity index (χ2v) is 22.2. The van der Waals surface area contributed by atoms with Crippen LogP contribution in [0.25, 0.3) is 148 Å². The Bertz CT molecular complexity index is 5580. The van der Waals surface area contributed by atoms with Crippen LogP contribution in [0.2, 0.25) is 0 Å². The summed E-state index contributed by atoms with van der Waals surface area (Å²) in [6.45, 7) is 0. The highest BCUT2D eigenvalue weighted by Gasteiger charge is 2.33. The SMILES string of the molecule is c1ccc(-c2cccc(N(c3cccc4c3oc3ccccc34)c3cc4c5ccccc5oc4c4c3c3cccc5c6c(N(c7cccc(-c8ccccc8)c7)c7cccc8c7oc7ccccc78)cc7c8ccccc8oc7c6n4c35)c2)cc1. The lowest BCUT2D eigenvalue weighted by molar-refractivity contribution is 0.668. The first kappa shape index (κ1) is 46.1. The summed E-state index contributed by atoms with van der Waals surface area (Å²) in [4.78, 5) is 4.84. The van der Waals surface area contributed by atoms with Gasteiger partial charge in [-0.1, -0.05) is 200 Å². The average molecular weight is 1090 g/mol. The maximum atomic E-state index is 7.32. The Morgan fingerprint density at radius 1 is 0.224 bits per heavy atom. The molecule has 0 unspecified atom stereocenters. The molecule has 0 aliphatic heterocycles. The van der Waals surface area contributed by atoms with Crippen molar-refractivity contribution in [2.45, 2.75) is 0 Å². The van der Waals surface area contributed by atoms with Crippen molar-refractivity contribution < 1.29 is 17.7 Å². The van der Waals surface area contributed by atoms with E-state index in [1.807, 2.05) is 12.1 Å². The molecule has 0 atom stereocenters. The summed E-state index contributed by atoms with van der Waals surface area (Å²) >= 11 is 0. The van der Waals surface area contributed by atoms with Crippen LogP contribution in [-0.2, 0) is 0 Å². The number of benzene rings is 13. The van der Waals surface area contributed by atoms with Gasteiger partial charge in [-0.15, -0.1) is 0 Å². The molecule has 0 spiro atoms. The number of nitrogens with zero attached hydrogens (tertiary/aromatic N) is 3. The maximum absolute atomic E-state index is 7.32. The summed E-state index contributed by atoms with van der Waals surface area (Å²) in [5, 5.41) is 12.4. The Hall–Kier alpha value is -11.5. The van der Waals surface area contributed by atoms with Gasteiger partial charge >= 0.3 is 0 Å². The monoisotopic (exact) mass is 1090 g/mol. The minimum Gasteiger partial charge on any atom is -0.454 e. The molecule has 0 aliphatic rings. The van der Waals surface area contributed by atoms with Crippen LogP contribution in [0.5, 0.6) is 0 Å². The summed E-state index contributed by atoms with van der Waals surface area (Å²) < 4.78 is 31.1. The van der Waals surface area contributed by atoms with Gasteiger partial charge in [0.25, 0.3) is 0 Å². The minimum atomic E-state index is 0.781. The van der Waals surface area contributed by atoms with Crippen molar-refractivity contribution in [1.29, 1.82) is 0 Å². The van der Waals surface area contributed by atoms with Crippen molar-refractivity contribution in [1.82, 2.24) is 4.40 Å². The third-order valence-corrected chi connectivity index (χ3v) is 17.6. The molecule has 7 heteroatoms. The van der Waals surface area contributed by atoms with Crippen molar-refractivity contribution in [2.24, 2.45) is 0 Å². The third-order valence-electron chi connectivity index (χ3n) is 17.6. The molecule has 0 aliphatic carbocycles. The van der Waals surface area contributed by atoms with Crippen molar-refractivity contribution in [3.05, 3.63) is 273 Å². The molecule has 0 amide bonds. The van der Waals surface area contributed by atoms with Gasteiger partial charge in [0.05, 0.1) is 28.3 Å². The van der Waals surface area contributed by atoms with Crippen molar-refractivity contribution in [3.8, 4) is 22.3 Å². The number of anilines is 6. The number of para-hydroxylation sites is 7. The summed E-state index contributed by atoms with van der Waals surface area (Å²) in [6, 6.07) is 97.1. The predicted molar refractivity (Wildman–Crippen MR) is 350 cm³/mol. The Morgan fingerprint density at radius 3 is 0.988 bits per heavy atom. The number of fused-ring (bicyclic) bond motifs is 20. The molecule has 85 heavy (non-hydrogen) atoms. The lowest BCUT2D eigenvalue weighted by Gasteiger charge is -2.28. The zero-order valence-corrected chi connectivity index (χ0v) is 45.5. The standard InChI is InChI=1S/C78H45N3O4/c1-3-20-46(21-4-1)48-24-15-26-50(42-48)79(62-36-18-32-56-52-28-7-11-38-66(52)82-75(56)62)64-44-60-54-30-9-13-40-68(54)84-77(60)73-70(64)58-34-17-35-59-71-65(45-61-55-31-10-14-41-69(55)85-78(61)74(71)81(73)72(58)59)80(51-27-16-25-49(43-51)47-22-5-2-6-23-47)63-37-19-33-57-53-29-8-12-39-67(53)83-76(57)63/h1-45H. The highest BCUT2D eigenvalue weighted by molar-refractivity contribution is 6.36. The van der Waals surface area contributed by atoms with Gasteiger partial charge < -0.3 is 31.9 Å². The molecule has 6 aromatic heterocycles. The number of hydrogen-bond acceptors (Lipinski definition) is 6. The van der Waals surface area contributed by atoms with Crippen LogP contribution in [0.4, 0.5) is 34.1 Å². The molecule has 0 saturated heterocycles. The van der Waals surface area contributed by atoms with Gasteiger partial charge in [0, 0.05) is 76.0 Å². The van der Waals surface area contributed by atoms with Crippen LogP contribution >= 0.6 is 0 Å². The van der Waals surface area contributed by atoms with Crippen LogP contribution in [0.3, 0.4) is 0 Å². The smallest absolute Gasteiger partial charge is 0.160 e. The van der Waals surface area contributed by atoms with Crippen molar-refractivity contribution in [3.63, 3.8) is 0 Å². The number of aromatic nitrogens is 1. The largest absolute Gasteiger partial charge is 0.454 e. The van der Waals surface area contributed by atoms with E-state index in [9.17, 15) is 0 Å². The van der Waals surface area contributed by atoms with Gasteiger partial charge in [-0.05, 0) is 95.1 Å². The molecule has 0 bridgehead atoms. The second-order valence-electron chi connectivity index (χ2n) is 22.2. The zero-order valence-electron chi connectivity index (χ0n) is 45.5. The lowest BCUT2D eigenvalue weighted by atomic mass is 9.99. The summed E-state index contributed by atoms with van der Waals surface area (Å²) in [5.74, 6) is 0. The molecule has 0 fully saturated rings. The van der Waals surface area contributed by atoms with Crippen molar-refractivity contribution in [2.75, 3.05) is 9.80 Å². The first-order valence-electron chi connectivity index (χ1n) is 28.8. The van der Waals surface area contributed by atoms with E-state index in [0.29, 0.717) is 0 Å². The maximum Gasteiger partial charge on any atom is 0.160 e. The average Bonchev–Trinajstić information content (AvgIpc) is 1.61. The zero-order chi connectivity index (χ0) is 55.4. The van der Waals surface area contributed by atoms with Gasteiger partial charge in [0.2, 0.25) is 0 Å². The molecule has 19 rings (SSSR count). The van der Waals surface area contributed by atoms with E-state index in [1.165, 1.54) is 0 Å². The molecule has 396 valence electrons. The molecular weight excluding hydrogens is 1040 g/mol. The van der Waals surface area contributed by atoms with Crippen LogP contribution in [0.1, 0.15) is 0 Å². The van der Waals surface area contributed by atoms with Crippen LogP contribution in [0.15, 0.2) is 291 Å². The number of hydrogen-bond donors (Lipinski definition) is 0. The first-order valence-corrected chi connectivity index (χ1v) is 28.8. The first-order chi connectivity index (χ1) is 42.2. The summed E-state index contributed by atoms with van der Waals surface area (Å²) in [6.07, 6.45) is 0. The molecule has 0 N–H and O–H groups in total. The second kappa shape index (κ2) is 17.5. The predicted octanol–water partition coefficient (Wildman–Crippen LogP) is 22.7. The summed E-state index contributed by atoms with van der Waals surface area (Å²) in [5.41, 5.74) is 19.5. The van der Waals surface area contributed by atoms with E-state index in [-0.39, 0.29) is 0 Å². The number of rotatable bonds is 8. The topological polar surface area (TPSA) is 63.5 Å². The van der Waals surface area contributed by atoms with E-state index < -0.39 is 0 Å². The third kappa shape index (κ3) is 6.54. The molecular formula is C78H45N3O4. The van der Waals surface area contributed by atoms with Gasteiger partial charge in [-0.3, -0.25) is 0 Å². The molecule has 19 aromatic rings. The van der Waals surface area contributed by atoms with E-state index in [1.54, 1.807) is 0 Å². The Labute approximate surface area is 484 Å². The molecule has 0 saturated carbocycles. The molecule has 6 heterocycles. The van der Waals surface area contributed by atoms with Gasteiger partial charge in [0.15, 0.2) is 22.3 Å². The fraction of sp³-hybridized carbons (Fsp3) is 0. The van der Waals surface area contributed by atoms with Gasteiger partial charge in [-0.25, -0.2) is 0 Å². The Balaban J connectivity index is 0.999. The lowest BCUT2D eigenvalue weighted by Crippen LogP contribution is -2.11.